The van der Waals surface area contributed by atoms with Gasteiger partial charge in [0, 0.05) is 51.1 Å². The number of halogens is 2. The number of nitrogens with zero attached hydrogens (tertiary/aromatic N) is 4. The van der Waals surface area contributed by atoms with Gasteiger partial charge in [-0.3, -0.25) is 24.1 Å². The maximum absolute atomic E-state index is 13.9. The van der Waals surface area contributed by atoms with Crippen molar-refractivity contribution >= 4 is 11.8 Å². The molecule has 0 atom stereocenters. The number of methoxy groups -OCH3 is 1. The molecule has 2 aromatic rings. The number of likely N-dealkylation sites (N-methyl/N-ethyl adjacent to an activating group) is 1. The Labute approximate surface area is 207 Å². The Kier molecular flexibility index (Phi) is 8.99. The molecule has 3 rings (SSSR count). The van der Waals surface area contributed by atoms with Gasteiger partial charge in [0.15, 0.2) is 11.4 Å². The van der Waals surface area contributed by atoms with E-state index < -0.39 is 40.2 Å². The second kappa shape index (κ2) is 12.0. The lowest BCUT2D eigenvalue weighted by Crippen LogP contribution is -2.56. The fourth-order valence-electron chi connectivity index (χ4n) is 3.94. The minimum Gasteiger partial charge on any atom is -0.502 e. The zero-order chi connectivity index (χ0) is 26.4. The highest BCUT2D eigenvalue weighted by Crippen LogP contribution is 2.21. The van der Waals surface area contributed by atoms with Gasteiger partial charge in [-0.1, -0.05) is 19.9 Å². The molecule has 2 heterocycles. The van der Waals surface area contributed by atoms with Crippen molar-refractivity contribution in [3.05, 3.63) is 63.1 Å². The number of amides is 2. The highest BCUT2D eigenvalue weighted by atomic mass is 19.1. The molecular weight excluding hydrogens is 476 g/mol. The van der Waals surface area contributed by atoms with E-state index >= 15 is 0 Å². The van der Waals surface area contributed by atoms with Gasteiger partial charge in [-0.15, -0.1) is 0 Å². The smallest absolute Gasteiger partial charge is 0.277 e. The van der Waals surface area contributed by atoms with Gasteiger partial charge in [-0.2, -0.15) is 0 Å². The van der Waals surface area contributed by atoms with Crippen LogP contribution in [0.1, 0.15) is 40.3 Å². The first-order valence-corrected chi connectivity index (χ1v) is 11.7. The number of hydrogen-bond acceptors (Lipinski definition) is 7. The van der Waals surface area contributed by atoms with Gasteiger partial charge in [0.2, 0.25) is 5.43 Å². The van der Waals surface area contributed by atoms with Gasteiger partial charge in [-0.05, 0) is 19.2 Å². The number of carbonyl (C=O) groups is 2. The number of pyridine rings is 1. The van der Waals surface area contributed by atoms with Crippen molar-refractivity contribution in [3.8, 4) is 5.75 Å². The summed E-state index contributed by atoms with van der Waals surface area (Å²) in [5.74, 6) is -3.89. The van der Waals surface area contributed by atoms with Crippen LogP contribution in [-0.4, -0.2) is 84.5 Å². The van der Waals surface area contributed by atoms with E-state index in [1.165, 1.54) is 28.9 Å². The number of ether oxygens (including phenoxy) is 1. The monoisotopic (exact) mass is 507 g/mol. The van der Waals surface area contributed by atoms with E-state index in [1.54, 1.807) is 5.01 Å². The number of carbonyl (C=O) groups excluding carboxylic acids is 2. The van der Waals surface area contributed by atoms with E-state index in [0.717, 1.165) is 19.2 Å². The molecule has 0 radical (unpaired) electrons. The summed E-state index contributed by atoms with van der Waals surface area (Å²) < 4.78 is 33.5. The topological polar surface area (TPSA) is 107 Å². The molecule has 0 fully saturated rings. The van der Waals surface area contributed by atoms with Crippen molar-refractivity contribution < 1.29 is 28.2 Å². The van der Waals surface area contributed by atoms with Crippen LogP contribution in [0.5, 0.6) is 5.75 Å². The maximum Gasteiger partial charge on any atom is 0.277 e. The SMILES string of the molecule is CCN(CC)CCN1CN(CCOC)C(=O)c2c(O)c(=O)c(C(=O)NCc3ccc(F)cc3F)cn21. The van der Waals surface area contributed by atoms with Crippen molar-refractivity contribution in [2.24, 2.45) is 0 Å². The van der Waals surface area contributed by atoms with E-state index in [4.69, 9.17) is 4.74 Å². The fraction of sp³-hybridized carbons (Fsp3) is 0.458. The van der Waals surface area contributed by atoms with E-state index in [1.807, 2.05) is 13.8 Å². The number of fused-ring (bicyclic) bond motifs is 1. The van der Waals surface area contributed by atoms with E-state index in [0.29, 0.717) is 19.2 Å². The summed E-state index contributed by atoms with van der Waals surface area (Å²) in [7, 11) is 1.51. The van der Waals surface area contributed by atoms with Crippen LogP contribution in [0, 0.1) is 11.6 Å². The summed E-state index contributed by atoms with van der Waals surface area (Å²) >= 11 is 0. The number of aromatic nitrogens is 1. The Hall–Kier alpha value is -3.51. The van der Waals surface area contributed by atoms with Gasteiger partial charge in [0.25, 0.3) is 11.8 Å². The molecule has 2 N–H and O–H groups in total. The van der Waals surface area contributed by atoms with Gasteiger partial charge < -0.3 is 25.0 Å². The van der Waals surface area contributed by atoms with E-state index in [9.17, 15) is 28.3 Å². The first-order valence-electron chi connectivity index (χ1n) is 11.7. The van der Waals surface area contributed by atoms with Crippen molar-refractivity contribution in [1.29, 1.82) is 0 Å². The molecule has 1 aromatic carbocycles. The summed E-state index contributed by atoms with van der Waals surface area (Å²) in [6, 6.07) is 2.93. The summed E-state index contributed by atoms with van der Waals surface area (Å²) in [5.41, 5.74) is -1.66. The fourth-order valence-corrected chi connectivity index (χ4v) is 3.94. The molecule has 10 nitrogen and oxygen atoms in total. The molecule has 1 aliphatic rings. The number of aromatic hydroxyl groups is 1. The van der Waals surface area contributed by atoms with Crippen molar-refractivity contribution in [1.82, 2.24) is 19.8 Å². The molecule has 1 aliphatic heterocycles. The van der Waals surface area contributed by atoms with Gasteiger partial charge in [-0.25, -0.2) is 8.78 Å². The summed E-state index contributed by atoms with van der Waals surface area (Å²) in [4.78, 5) is 42.4. The molecular formula is C24H31F2N5O5. The second-order valence-electron chi connectivity index (χ2n) is 8.29. The number of benzene rings is 1. The highest BCUT2D eigenvalue weighted by molar-refractivity contribution is 5.99. The molecule has 0 saturated heterocycles. The normalized spacial score (nSPS) is 13.3. The highest BCUT2D eigenvalue weighted by Gasteiger charge is 2.34. The van der Waals surface area contributed by atoms with Crippen molar-refractivity contribution in [2.75, 3.05) is 58.1 Å². The Morgan fingerprint density at radius 2 is 1.92 bits per heavy atom. The molecule has 0 spiro atoms. The van der Waals surface area contributed by atoms with Crippen LogP contribution in [0.25, 0.3) is 0 Å². The number of hydrogen-bond donors (Lipinski definition) is 2. The van der Waals surface area contributed by atoms with Gasteiger partial charge in [0.1, 0.15) is 23.9 Å². The van der Waals surface area contributed by atoms with Crippen LogP contribution in [-0.2, 0) is 11.3 Å². The lowest BCUT2D eigenvalue weighted by Gasteiger charge is -2.40. The maximum atomic E-state index is 13.9. The zero-order valence-corrected chi connectivity index (χ0v) is 20.6. The first-order chi connectivity index (χ1) is 17.2. The lowest BCUT2D eigenvalue weighted by atomic mass is 10.1. The van der Waals surface area contributed by atoms with Crippen LogP contribution in [0.15, 0.2) is 29.2 Å². The van der Waals surface area contributed by atoms with Gasteiger partial charge in [0.05, 0.1) is 6.61 Å². The minimum atomic E-state index is -1.02. The van der Waals surface area contributed by atoms with Crippen LogP contribution in [0.4, 0.5) is 8.78 Å². The molecule has 196 valence electrons. The Morgan fingerprint density at radius 1 is 1.19 bits per heavy atom. The third-order valence-corrected chi connectivity index (χ3v) is 6.13. The molecule has 36 heavy (non-hydrogen) atoms. The summed E-state index contributed by atoms with van der Waals surface area (Å²) in [5, 5.41) is 14.9. The predicted octanol–water partition coefficient (Wildman–Crippen LogP) is 1.10. The quantitative estimate of drug-likeness (QED) is 0.469. The molecule has 0 saturated carbocycles. The van der Waals surface area contributed by atoms with E-state index in [2.05, 4.69) is 10.2 Å². The van der Waals surface area contributed by atoms with Crippen LogP contribution in [0.2, 0.25) is 0 Å². The van der Waals surface area contributed by atoms with Crippen LogP contribution >= 0.6 is 0 Å². The van der Waals surface area contributed by atoms with Crippen LogP contribution in [0.3, 0.4) is 0 Å². The first kappa shape index (κ1) is 27.1. The van der Waals surface area contributed by atoms with E-state index in [-0.39, 0.29) is 37.6 Å². The molecule has 2 amide bonds. The Bertz CT molecular complexity index is 1170. The van der Waals surface area contributed by atoms with Crippen LogP contribution < -0.4 is 15.8 Å². The van der Waals surface area contributed by atoms with Gasteiger partial charge >= 0.3 is 0 Å². The van der Waals surface area contributed by atoms with Crippen molar-refractivity contribution in [3.63, 3.8) is 0 Å². The second-order valence-corrected chi connectivity index (χ2v) is 8.29. The standard InChI is InChI=1S/C24H31F2N5O5/c1-4-28(5-2)8-9-30-15-29(10-11-36-3)24(35)20-22(33)21(32)18(14-31(20)30)23(34)27-13-16-6-7-17(25)12-19(16)26/h6-7,12,14,33H,4-5,8-11,13,15H2,1-3H3,(H,27,34). The average Bonchev–Trinajstić information content (AvgIpc) is 2.86. The average molecular weight is 508 g/mol. The molecule has 0 aliphatic carbocycles. The Morgan fingerprint density at radius 3 is 2.56 bits per heavy atom. The minimum absolute atomic E-state index is 0.0249. The summed E-state index contributed by atoms with van der Waals surface area (Å²) in [6.45, 7) is 7.11. The zero-order valence-electron chi connectivity index (χ0n) is 20.6. The molecule has 12 heteroatoms. The van der Waals surface area contributed by atoms with Crippen molar-refractivity contribution in [2.45, 2.75) is 20.4 Å². The Balaban J connectivity index is 1.94. The third kappa shape index (κ3) is 5.82. The predicted molar refractivity (Wildman–Crippen MR) is 129 cm³/mol. The molecule has 1 aromatic heterocycles. The third-order valence-electron chi connectivity index (χ3n) is 6.13. The molecule has 0 bridgehead atoms. The lowest BCUT2D eigenvalue weighted by molar-refractivity contribution is 0.0618. The number of nitrogens with one attached hydrogen (secondary N) is 1. The molecule has 0 unspecified atom stereocenters. The largest absolute Gasteiger partial charge is 0.502 e. The number of rotatable bonds is 11. The summed E-state index contributed by atoms with van der Waals surface area (Å²) in [6.07, 6.45) is 1.21.